The Bertz CT molecular complexity index is 840. The summed E-state index contributed by atoms with van der Waals surface area (Å²) in [5.41, 5.74) is 1.34. The fourth-order valence-electron chi connectivity index (χ4n) is 1.88. The van der Waals surface area contributed by atoms with Gasteiger partial charge in [0.05, 0.1) is 4.90 Å². The second-order valence-corrected chi connectivity index (χ2v) is 8.13. The highest BCUT2D eigenvalue weighted by Gasteiger charge is 2.17. The van der Waals surface area contributed by atoms with Gasteiger partial charge in [-0.2, -0.15) is 0 Å². The molecule has 0 unspecified atom stereocenters. The molecule has 0 bridgehead atoms. The van der Waals surface area contributed by atoms with Crippen LogP contribution >= 0.6 is 15.9 Å². The molecule has 0 N–H and O–H groups in total. The molecule has 0 aliphatic carbocycles. The number of hydrogen-bond acceptors (Lipinski definition) is 3. The molecule has 4 nitrogen and oxygen atoms in total. The van der Waals surface area contributed by atoms with E-state index in [4.69, 9.17) is 0 Å². The van der Waals surface area contributed by atoms with Gasteiger partial charge in [-0.15, -0.1) is 0 Å². The molecule has 0 saturated carbocycles. The molecule has 0 amide bonds. The fraction of sp³-hybridized carbons (Fsp3) is 0.118. The molecule has 0 spiro atoms. The minimum absolute atomic E-state index is 0.162. The average Bonchev–Trinajstić information content (AvgIpc) is 2.52. The highest BCUT2D eigenvalue weighted by Crippen LogP contribution is 2.16. The van der Waals surface area contributed by atoms with E-state index in [1.54, 1.807) is 6.08 Å². The number of carbonyl (C=O) groups excluding carboxylic acids is 1. The first-order chi connectivity index (χ1) is 10.8. The van der Waals surface area contributed by atoms with Gasteiger partial charge in [-0.3, -0.25) is 4.79 Å². The molecular formula is C17H16BrNO3S. The van der Waals surface area contributed by atoms with Gasteiger partial charge in [0.1, 0.15) is 0 Å². The van der Waals surface area contributed by atoms with Crippen LogP contribution in [0, 0.1) is 0 Å². The van der Waals surface area contributed by atoms with Crippen molar-refractivity contribution in [1.82, 2.24) is 4.31 Å². The van der Waals surface area contributed by atoms with E-state index in [0.29, 0.717) is 5.56 Å². The van der Waals surface area contributed by atoms with Gasteiger partial charge in [-0.05, 0) is 48.0 Å². The minimum atomic E-state index is -3.48. The van der Waals surface area contributed by atoms with Gasteiger partial charge in [-0.25, -0.2) is 12.7 Å². The van der Waals surface area contributed by atoms with Crippen LogP contribution in [0.2, 0.25) is 0 Å². The Hall–Kier alpha value is -1.76. The predicted octanol–water partition coefficient (Wildman–Crippen LogP) is 3.60. The predicted molar refractivity (Wildman–Crippen MR) is 94.8 cm³/mol. The monoisotopic (exact) mass is 393 g/mol. The number of hydrogen-bond donors (Lipinski definition) is 0. The highest BCUT2D eigenvalue weighted by molar-refractivity contribution is 9.10. The summed E-state index contributed by atoms with van der Waals surface area (Å²) in [7, 11) is -0.546. The molecule has 0 saturated heterocycles. The SMILES string of the molecule is CN(C)S(=O)(=O)c1ccc(C(=O)/C=C/c2cccc(Br)c2)cc1. The van der Waals surface area contributed by atoms with E-state index in [1.165, 1.54) is 44.4 Å². The number of nitrogens with zero attached hydrogens (tertiary/aromatic N) is 1. The van der Waals surface area contributed by atoms with E-state index in [-0.39, 0.29) is 10.7 Å². The van der Waals surface area contributed by atoms with Crippen LogP contribution in [0.25, 0.3) is 6.08 Å². The van der Waals surface area contributed by atoms with Crippen LogP contribution in [0.3, 0.4) is 0 Å². The fourth-order valence-corrected chi connectivity index (χ4v) is 3.20. The summed E-state index contributed by atoms with van der Waals surface area (Å²) >= 11 is 3.37. The van der Waals surface area contributed by atoms with Crippen molar-refractivity contribution in [2.45, 2.75) is 4.90 Å². The minimum Gasteiger partial charge on any atom is -0.289 e. The maximum absolute atomic E-state index is 12.1. The second-order valence-electron chi connectivity index (χ2n) is 5.06. The molecule has 0 aromatic heterocycles. The molecule has 0 radical (unpaired) electrons. The molecule has 0 aliphatic heterocycles. The third-order valence-corrected chi connectivity index (χ3v) is 5.52. The summed E-state index contributed by atoms with van der Waals surface area (Å²) in [4.78, 5) is 12.3. The Labute approximate surface area is 144 Å². The molecule has 2 rings (SSSR count). The second kappa shape index (κ2) is 7.21. The average molecular weight is 394 g/mol. The summed E-state index contributed by atoms with van der Waals surface area (Å²) < 4.78 is 26.0. The van der Waals surface area contributed by atoms with Crippen molar-refractivity contribution in [3.8, 4) is 0 Å². The van der Waals surface area contributed by atoms with Crippen LogP contribution < -0.4 is 0 Å². The van der Waals surface area contributed by atoms with Crippen LogP contribution in [-0.4, -0.2) is 32.6 Å². The summed E-state index contributed by atoms with van der Waals surface area (Å²) in [6.07, 6.45) is 3.19. The molecule has 0 aliphatic rings. The normalized spacial score (nSPS) is 12.0. The Morgan fingerprint density at radius 1 is 1.09 bits per heavy atom. The molecule has 2 aromatic rings. The maximum atomic E-state index is 12.1. The molecule has 23 heavy (non-hydrogen) atoms. The van der Waals surface area contributed by atoms with E-state index in [9.17, 15) is 13.2 Å². The Morgan fingerprint density at radius 3 is 2.30 bits per heavy atom. The van der Waals surface area contributed by atoms with Crippen molar-refractivity contribution in [2.75, 3.05) is 14.1 Å². The number of rotatable bonds is 5. The lowest BCUT2D eigenvalue weighted by molar-refractivity contribution is 0.104. The quantitative estimate of drug-likeness (QED) is 0.575. The number of halogens is 1. The van der Waals surface area contributed by atoms with Crippen LogP contribution in [0.1, 0.15) is 15.9 Å². The maximum Gasteiger partial charge on any atom is 0.242 e. The zero-order valence-corrected chi connectivity index (χ0v) is 15.1. The van der Waals surface area contributed by atoms with E-state index >= 15 is 0 Å². The molecule has 2 aromatic carbocycles. The first-order valence-electron chi connectivity index (χ1n) is 6.81. The number of allylic oxidation sites excluding steroid dienone is 1. The summed E-state index contributed by atoms with van der Waals surface area (Å²) in [6.45, 7) is 0. The number of benzene rings is 2. The third kappa shape index (κ3) is 4.37. The van der Waals surface area contributed by atoms with Gasteiger partial charge in [0.2, 0.25) is 10.0 Å². The van der Waals surface area contributed by atoms with Crippen molar-refractivity contribution >= 4 is 37.8 Å². The van der Waals surface area contributed by atoms with E-state index in [2.05, 4.69) is 15.9 Å². The van der Waals surface area contributed by atoms with Crippen molar-refractivity contribution in [3.63, 3.8) is 0 Å². The number of ketones is 1. The Balaban J connectivity index is 2.18. The van der Waals surface area contributed by atoms with Crippen LogP contribution in [0.15, 0.2) is 64.0 Å². The third-order valence-electron chi connectivity index (χ3n) is 3.19. The van der Waals surface area contributed by atoms with E-state index < -0.39 is 10.0 Å². The first-order valence-corrected chi connectivity index (χ1v) is 9.04. The summed E-state index contributed by atoms with van der Waals surface area (Å²) in [6, 6.07) is 13.5. The first kappa shape index (κ1) is 17.6. The van der Waals surface area contributed by atoms with Gasteiger partial charge in [0, 0.05) is 24.1 Å². The zero-order chi connectivity index (χ0) is 17.0. The molecule has 120 valence electrons. The molecule has 0 atom stereocenters. The van der Waals surface area contributed by atoms with Crippen molar-refractivity contribution in [1.29, 1.82) is 0 Å². The van der Waals surface area contributed by atoms with Crippen LogP contribution in [0.4, 0.5) is 0 Å². The lowest BCUT2D eigenvalue weighted by Crippen LogP contribution is -2.22. The standard InChI is InChI=1S/C17H16BrNO3S/c1-19(2)23(21,22)16-9-7-14(8-10-16)17(20)11-6-13-4-3-5-15(18)12-13/h3-12H,1-2H3/b11-6+. The lowest BCUT2D eigenvalue weighted by Gasteiger charge is -2.11. The number of sulfonamides is 1. The Kier molecular flexibility index (Phi) is 5.51. The number of carbonyl (C=O) groups is 1. The molecular weight excluding hydrogens is 378 g/mol. The highest BCUT2D eigenvalue weighted by atomic mass is 79.9. The van der Waals surface area contributed by atoms with Crippen LogP contribution in [-0.2, 0) is 10.0 Å². The van der Waals surface area contributed by atoms with Crippen molar-refractivity contribution in [3.05, 3.63) is 70.2 Å². The van der Waals surface area contributed by atoms with Gasteiger partial charge in [-0.1, -0.05) is 34.1 Å². The van der Waals surface area contributed by atoms with Crippen molar-refractivity contribution in [2.24, 2.45) is 0 Å². The molecule has 0 fully saturated rings. The molecule has 0 heterocycles. The van der Waals surface area contributed by atoms with E-state index in [0.717, 1.165) is 14.3 Å². The zero-order valence-electron chi connectivity index (χ0n) is 12.7. The van der Waals surface area contributed by atoms with Gasteiger partial charge >= 0.3 is 0 Å². The van der Waals surface area contributed by atoms with Gasteiger partial charge < -0.3 is 0 Å². The molecule has 6 heteroatoms. The van der Waals surface area contributed by atoms with Crippen molar-refractivity contribution < 1.29 is 13.2 Å². The van der Waals surface area contributed by atoms with Gasteiger partial charge in [0.15, 0.2) is 5.78 Å². The smallest absolute Gasteiger partial charge is 0.242 e. The lowest BCUT2D eigenvalue weighted by atomic mass is 10.1. The van der Waals surface area contributed by atoms with E-state index in [1.807, 2.05) is 24.3 Å². The largest absolute Gasteiger partial charge is 0.289 e. The Morgan fingerprint density at radius 2 is 1.74 bits per heavy atom. The van der Waals surface area contributed by atoms with Gasteiger partial charge in [0.25, 0.3) is 0 Å². The summed E-state index contributed by atoms with van der Waals surface area (Å²) in [5.74, 6) is -0.182. The summed E-state index contributed by atoms with van der Waals surface area (Å²) in [5, 5.41) is 0. The topological polar surface area (TPSA) is 54.5 Å². The van der Waals surface area contributed by atoms with Crippen LogP contribution in [0.5, 0.6) is 0 Å².